The van der Waals surface area contributed by atoms with Gasteiger partial charge in [-0.1, -0.05) is 0 Å². The first-order valence-electron chi connectivity index (χ1n) is 7.47. The number of carbonyl (C=O) groups excluding carboxylic acids is 1. The van der Waals surface area contributed by atoms with Crippen molar-refractivity contribution < 1.29 is 4.79 Å². The average molecular weight is 342 g/mol. The zero-order valence-electron chi connectivity index (χ0n) is 14.2. The van der Waals surface area contributed by atoms with Crippen LogP contribution in [0.25, 0.3) is 5.95 Å². The van der Waals surface area contributed by atoms with Crippen LogP contribution in [0.1, 0.15) is 37.3 Å². The van der Waals surface area contributed by atoms with E-state index in [0.717, 1.165) is 27.7 Å². The lowest BCUT2D eigenvalue weighted by Gasteiger charge is -2.06. The van der Waals surface area contributed by atoms with E-state index in [1.807, 2.05) is 34.6 Å². The van der Waals surface area contributed by atoms with Crippen LogP contribution in [0.3, 0.4) is 0 Å². The maximum absolute atomic E-state index is 12.3. The molecule has 0 unspecified atom stereocenters. The lowest BCUT2D eigenvalue weighted by Crippen LogP contribution is -2.13. The van der Waals surface area contributed by atoms with Gasteiger partial charge >= 0.3 is 0 Å². The first-order chi connectivity index (χ1) is 11.4. The normalized spacial score (nSPS) is 10.9. The van der Waals surface area contributed by atoms with Gasteiger partial charge in [0.05, 0.1) is 34.5 Å². The molecule has 8 heteroatoms. The van der Waals surface area contributed by atoms with Gasteiger partial charge in [0.15, 0.2) is 0 Å². The van der Waals surface area contributed by atoms with Crippen molar-refractivity contribution in [3.8, 4) is 5.95 Å². The molecule has 124 valence electrons. The molecule has 0 aliphatic heterocycles. The number of aromatic nitrogens is 5. The van der Waals surface area contributed by atoms with Gasteiger partial charge in [-0.25, -0.2) is 19.6 Å². The summed E-state index contributed by atoms with van der Waals surface area (Å²) in [6.45, 7) is 9.64. The summed E-state index contributed by atoms with van der Waals surface area (Å²) < 4.78 is 1.70. The van der Waals surface area contributed by atoms with Crippen LogP contribution < -0.4 is 5.32 Å². The molecule has 0 bridgehead atoms. The first kappa shape index (κ1) is 16.3. The highest BCUT2D eigenvalue weighted by atomic mass is 32.1. The van der Waals surface area contributed by atoms with Crippen LogP contribution >= 0.6 is 11.3 Å². The van der Waals surface area contributed by atoms with E-state index in [1.165, 1.54) is 11.3 Å². The van der Waals surface area contributed by atoms with Gasteiger partial charge in [0, 0.05) is 5.69 Å². The molecule has 0 saturated carbocycles. The molecule has 3 aromatic rings. The summed E-state index contributed by atoms with van der Waals surface area (Å²) in [6, 6.07) is 0. The van der Waals surface area contributed by atoms with Crippen molar-refractivity contribution >= 4 is 22.9 Å². The Labute approximate surface area is 143 Å². The minimum Gasteiger partial charge on any atom is -0.319 e. The fourth-order valence-corrected chi connectivity index (χ4v) is 3.16. The zero-order chi connectivity index (χ0) is 17.4. The molecule has 0 radical (unpaired) electrons. The van der Waals surface area contributed by atoms with Gasteiger partial charge in [-0.3, -0.25) is 4.79 Å². The lowest BCUT2D eigenvalue weighted by molar-refractivity contribution is 0.102. The molecule has 0 spiro atoms. The summed E-state index contributed by atoms with van der Waals surface area (Å²) in [7, 11) is 0. The number of amides is 1. The summed E-state index contributed by atoms with van der Waals surface area (Å²) in [5.41, 5.74) is 4.33. The molecule has 0 fully saturated rings. The Kier molecular flexibility index (Phi) is 4.15. The van der Waals surface area contributed by atoms with Gasteiger partial charge in [-0.2, -0.15) is 5.10 Å². The van der Waals surface area contributed by atoms with E-state index < -0.39 is 0 Å². The predicted molar refractivity (Wildman–Crippen MR) is 92.9 cm³/mol. The summed E-state index contributed by atoms with van der Waals surface area (Å²) in [6.07, 6.45) is 3.16. The highest BCUT2D eigenvalue weighted by Gasteiger charge is 2.15. The number of aryl methyl sites for hydroxylation is 3. The number of carbonyl (C=O) groups is 1. The van der Waals surface area contributed by atoms with Crippen LogP contribution in [0.2, 0.25) is 0 Å². The van der Waals surface area contributed by atoms with Crippen LogP contribution in [0.5, 0.6) is 0 Å². The molecular weight excluding hydrogens is 324 g/mol. The largest absolute Gasteiger partial charge is 0.319 e. The van der Waals surface area contributed by atoms with Crippen LogP contribution in [0.4, 0.5) is 5.69 Å². The van der Waals surface area contributed by atoms with E-state index in [1.54, 1.807) is 17.1 Å². The molecular formula is C16H18N6OS. The van der Waals surface area contributed by atoms with Crippen molar-refractivity contribution in [3.05, 3.63) is 44.9 Å². The van der Waals surface area contributed by atoms with E-state index in [9.17, 15) is 4.79 Å². The molecule has 3 aromatic heterocycles. The van der Waals surface area contributed by atoms with E-state index in [4.69, 9.17) is 0 Å². The highest BCUT2D eigenvalue weighted by molar-refractivity contribution is 7.13. The van der Waals surface area contributed by atoms with Crippen LogP contribution in [0.15, 0.2) is 12.4 Å². The van der Waals surface area contributed by atoms with Crippen molar-refractivity contribution in [2.24, 2.45) is 0 Å². The van der Waals surface area contributed by atoms with E-state index in [0.29, 0.717) is 16.5 Å². The maximum Gasteiger partial charge on any atom is 0.267 e. The second-order valence-electron chi connectivity index (χ2n) is 5.58. The molecule has 7 nitrogen and oxygen atoms in total. The monoisotopic (exact) mass is 342 g/mol. The minimum absolute atomic E-state index is 0.198. The second kappa shape index (κ2) is 6.12. The van der Waals surface area contributed by atoms with Gasteiger partial charge in [0.2, 0.25) is 0 Å². The fraction of sp³-hybridized carbons (Fsp3) is 0.312. The fourth-order valence-electron chi connectivity index (χ4n) is 2.34. The Hall–Kier alpha value is -2.61. The number of nitrogens with zero attached hydrogens (tertiary/aromatic N) is 5. The van der Waals surface area contributed by atoms with Gasteiger partial charge < -0.3 is 5.32 Å². The quantitative estimate of drug-likeness (QED) is 0.791. The third-order valence-electron chi connectivity index (χ3n) is 3.85. The van der Waals surface area contributed by atoms with Crippen molar-refractivity contribution in [2.45, 2.75) is 34.6 Å². The minimum atomic E-state index is -0.198. The SMILES string of the molecule is Cc1nc(C)c(C(=O)Nc2cnc(-n3nc(C)c(C)c3C)nc2)s1. The Morgan fingerprint density at radius 1 is 1.08 bits per heavy atom. The summed E-state index contributed by atoms with van der Waals surface area (Å²) >= 11 is 1.37. The average Bonchev–Trinajstić information content (AvgIpc) is 3.02. The predicted octanol–water partition coefficient (Wildman–Crippen LogP) is 2.91. The van der Waals surface area contributed by atoms with Crippen molar-refractivity contribution in [1.29, 1.82) is 0 Å². The maximum atomic E-state index is 12.3. The molecule has 0 aliphatic carbocycles. The molecule has 0 atom stereocenters. The number of rotatable bonds is 3. The highest BCUT2D eigenvalue weighted by Crippen LogP contribution is 2.19. The number of anilines is 1. The Balaban J connectivity index is 1.81. The standard InChI is InChI=1S/C16H18N6OS/c1-8-9(2)21-22(11(8)4)16-17-6-13(7-18-16)20-15(23)14-10(3)19-12(5)24-14/h6-7H,1-5H3,(H,20,23). The Morgan fingerprint density at radius 2 is 1.75 bits per heavy atom. The molecule has 0 aliphatic rings. The van der Waals surface area contributed by atoms with E-state index in [2.05, 4.69) is 25.4 Å². The van der Waals surface area contributed by atoms with Crippen molar-refractivity contribution in [2.75, 3.05) is 5.32 Å². The van der Waals surface area contributed by atoms with Gasteiger partial charge in [0.25, 0.3) is 11.9 Å². The Bertz CT molecular complexity index is 910. The van der Waals surface area contributed by atoms with Gasteiger partial charge in [-0.15, -0.1) is 11.3 Å². The van der Waals surface area contributed by atoms with E-state index >= 15 is 0 Å². The number of hydrogen-bond acceptors (Lipinski definition) is 6. The molecule has 1 N–H and O–H groups in total. The van der Waals surface area contributed by atoms with Gasteiger partial charge in [0.1, 0.15) is 4.88 Å². The smallest absolute Gasteiger partial charge is 0.267 e. The second-order valence-corrected chi connectivity index (χ2v) is 6.78. The molecule has 3 heterocycles. The Morgan fingerprint density at radius 3 is 2.25 bits per heavy atom. The molecule has 0 aromatic carbocycles. The summed E-state index contributed by atoms with van der Waals surface area (Å²) in [4.78, 5) is 25.8. The van der Waals surface area contributed by atoms with Crippen LogP contribution in [-0.4, -0.2) is 30.6 Å². The number of hydrogen-bond donors (Lipinski definition) is 1. The van der Waals surface area contributed by atoms with Crippen LogP contribution in [0, 0.1) is 34.6 Å². The summed E-state index contributed by atoms with van der Waals surface area (Å²) in [5, 5.41) is 8.09. The molecule has 3 rings (SSSR count). The van der Waals surface area contributed by atoms with Crippen molar-refractivity contribution in [3.63, 3.8) is 0 Å². The summed E-state index contributed by atoms with van der Waals surface area (Å²) in [5.74, 6) is 0.280. The number of thiazole rings is 1. The molecule has 1 amide bonds. The third kappa shape index (κ3) is 2.92. The topological polar surface area (TPSA) is 85.6 Å². The first-order valence-corrected chi connectivity index (χ1v) is 8.29. The van der Waals surface area contributed by atoms with Crippen molar-refractivity contribution in [1.82, 2.24) is 24.7 Å². The number of nitrogens with one attached hydrogen (secondary N) is 1. The van der Waals surface area contributed by atoms with Crippen LogP contribution in [-0.2, 0) is 0 Å². The third-order valence-corrected chi connectivity index (χ3v) is 4.92. The van der Waals surface area contributed by atoms with E-state index in [-0.39, 0.29) is 5.91 Å². The molecule has 24 heavy (non-hydrogen) atoms. The zero-order valence-corrected chi connectivity index (χ0v) is 15.0. The molecule has 0 saturated heterocycles. The van der Waals surface area contributed by atoms with Gasteiger partial charge in [-0.05, 0) is 40.2 Å². The lowest BCUT2D eigenvalue weighted by atomic mass is 10.2.